The Balaban J connectivity index is 1.72. The Hall–Kier alpha value is -3.28. The van der Waals surface area contributed by atoms with Crippen LogP contribution in [0, 0.1) is 0 Å². The fourth-order valence-electron chi connectivity index (χ4n) is 4.46. The van der Waals surface area contributed by atoms with Crippen molar-refractivity contribution in [2.45, 2.75) is 44.4 Å². The van der Waals surface area contributed by atoms with E-state index in [0.717, 1.165) is 36.8 Å². The number of nitrogens with zero attached hydrogens (tertiary/aromatic N) is 1. The molecule has 0 amide bonds. The molecule has 1 fully saturated rings. The molecule has 1 saturated heterocycles. The predicted molar refractivity (Wildman–Crippen MR) is 147 cm³/mol. The molecule has 4 nitrogen and oxygen atoms in total. The molecular formula is C31H33NO3S. The topological polar surface area (TPSA) is 54.5 Å². The lowest BCUT2D eigenvalue weighted by Gasteiger charge is -2.29. The van der Waals surface area contributed by atoms with Crippen LogP contribution in [0.5, 0.6) is 0 Å². The number of carbonyl (C=O) groups is 1. The number of Topliss-reactive ketones (excluding diaryl/α,β-unsaturated/α-hetero) is 1. The van der Waals surface area contributed by atoms with Crippen molar-refractivity contribution < 1.29 is 13.2 Å². The van der Waals surface area contributed by atoms with Crippen LogP contribution in [0.2, 0.25) is 0 Å². The summed E-state index contributed by atoms with van der Waals surface area (Å²) in [6.07, 6.45) is 7.79. The molecule has 1 aliphatic heterocycles. The minimum atomic E-state index is -3.76. The quantitative estimate of drug-likeness (QED) is 0.340. The molecule has 0 bridgehead atoms. The maximum atomic E-state index is 13.5. The van der Waals surface area contributed by atoms with Crippen LogP contribution >= 0.6 is 0 Å². The van der Waals surface area contributed by atoms with Crippen molar-refractivity contribution in [2.24, 2.45) is 0 Å². The van der Waals surface area contributed by atoms with Crippen molar-refractivity contribution in [1.29, 1.82) is 0 Å². The largest absolute Gasteiger partial charge is 0.289 e. The SMILES string of the molecule is CCCc1ccc(/C=C2/CN(S(=O)(=O)c3ccccc3)C/C(=C\c3ccc(CCC)cc3)C2=O)cc1. The molecule has 1 aliphatic rings. The second-order valence-corrected chi connectivity index (χ2v) is 11.2. The standard InChI is InChI=1S/C31H33NO3S/c1-3-8-24-12-16-26(17-13-24)20-28-22-32(36(34,35)30-10-6-5-7-11-30)23-29(31(28)33)21-27-18-14-25(9-4-2)15-19-27/h5-7,10-21H,3-4,8-9,22-23H2,1-2H3/b28-20-,29-21+. The molecule has 0 spiro atoms. The predicted octanol–water partition coefficient (Wildman–Crippen LogP) is 6.33. The summed E-state index contributed by atoms with van der Waals surface area (Å²) in [5.74, 6) is -0.107. The highest BCUT2D eigenvalue weighted by Crippen LogP contribution is 2.27. The average molecular weight is 500 g/mol. The number of sulfonamides is 1. The zero-order chi connectivity index (χ0) is 25.5. The van der Waals surface area contributed by atoms with Crippen LogP contribution in [0.4, 0.5) is 0 Å². The molecule has 0 N–H and O–H groups in total. The number of hydrogen-bond acceptors (Lipinski definition) is 3. The van der Waals surface area contributed by atoms with Gasteiger partial charge in [0, 0.05) is 24.2 Å². The summed E-state index contributed by atoms with van der Waals surface area (Å²) in [6, 6.07) is 24.6. The smallest absolute Gasteiger partial charge is 0.243 e. The highest BCUT2D eigenvalue weighted by molar-refractivity contribution is 7.89. The first kappa shape index (κ1) is 25.8. The van der Waals surface area contributed by atoms with E-state index in [0.29, 0.717) is 11.1 Å². The van der Waals surface area contributed by atoms with Gasteiger partial charge >= 0.3 is 0 Å². The molecule has 5 heteroatoms. The van der Waals surface area contributed by atoms with Crippen molar-refractivity contribution in [3.05, 3.63) is 112 Å². The highest BCUT2D eigenvalue weighted by Gasteiger charge is 2.34. The number of carbonyl (C=O) groups excluding carboxylic acids is 1. The Morgan fingerprint density at radius 2 is 1.14 bits per heavy atom. The van der Waals surface area contributed by atoms with Gasteiger partial charge in [-0.3, -0.25) is 4.79 Å². The van der Waals surface area contributed by atoms with Gasteiger partial charge in [0.25, 0.3) is 0 Å². The first-order chi connectivity index (χ1) is 17.4. The monoisotopic (exact) mass is 499 g/mol. The summed E-state index contributed by atoms with van der Waals surface area (Å²) >= 11 is 0. The number of rotatable bonds is 8. The van der Waals surface area contributed by atoms with E-state index < -0.39 is 10.0 Å². The van der Waals surface area contributed by atoms with Gasteiger partial charge in [0.15, 0.2) is 5.78 Å². The lowest BCUT2D eigenvalue weighted by molar-refractivity contribution is -0.113. The number of piperidine rings is 1. The molecule has 1 heterocycles. The zero-order valence-corrected chi connectivity index (χ0v) is 21.8. The minimum Gasteiger partial charge on any atom is -0.289 e. The summed E-state index contributed by atoms with van der Waals surface area (Å²) in [4.78, 5) is 13.8. The van der Waals surface area contributed by atoms with E-state index in [-0.39, 0.29) is 23.8 Å². The Bertz CT molecular complexity index is 1280. The second kappa shape index (κ2) is 11.6. The summed E-state index contributed by atoms with van der Waals surface area (Å²) in [6.45, 7) is 4.37. The number of hydrogen-bond donors (Lipinski definition) is 0. The zero-order valence-electron chi connectivity index (χ0n) is 21.0. The average Bonchev–Trinajstić information content (AvgIpc) is 2.89. The summed E-state index contributed by atoms with van der Waals surface area (Å²) < 4.78 is 28.4. The maximum Gasteiger partial charge on any atom is 0.243 e. The van der Waals surface area contributed by atoms with Gasteiger partial charge in [0.2, 0.25) is 10.0 Å². The minimum absolute atomic E-state index is 0.0412. The highest BCUT2D eigenvalue weighted by atomic mass is 32.2. The van der Waals surface area contributed by atoms with Gasteiger partial charge in [-0.1, -0.05) is 93.4 Å². The van der Waals surface area contributed by atoms with Crippen LogP contribution in [0.25, 0.3) is 12.2 Å². The van der Waals surface area contributed by atoms with Crippen molar-refractivity contribution in [3.8, 4) is 0 Å². The lowest BCUT2D eigenvalue weighted by atomic mass is 9.95. The third-order valence-electron chi connectivity index (χ3n) is 6.38. The van der Waals surface area contributed by atoms with Crippen LogP contribution in [0.15, 0.2) is 94.9 Å². The molecule has 4 rings (SSSR count). The van der Waals surface area contributed by atoms with Gasteiger partial charge in [-0.05, 0) is 59.4 Å². The molecular weight excluding hydrogens is 466 g/mol. The van der Waals surface area contributed by atoms with Crippen molar-refractivity contribution in [2.75, 3.05) is 13.1 Å². The number of benzene rings is 3. The third kappa shape index (κ3) is 6.10. The molecule has 0 atom stereocenters. The summed E-state index contributed by atoms with van der Waals surface area (Å²) in [7, 11) is -3.76. The first-order valence-electron chi connectivity index (χ1n) is 12.6. The van der Waals surface area contributed by atoms with Crippen molar-refractivity contribution in [3.63, 3.8) is 0 Å². The van der Waals surface area contributed by atoms with Crippen LogP contribution in [0.3, 0.4) is 0 Å². The van der Waals surface area contributed by atoms with Gasteiger partial charge in [-0.25, -0.2) is 8.42 Å². The van der Waals surface area contributed by atoms with Crippen LogP contribution in [0.1, 0.15) is 48.9 Å². The molecule has 0 unspecified atom stereocenters. The molecule has 0 saturated carbocycles. The van der Waals surface area contributed by atoms with E-state index in [9.17, 15) is 13.2 Å². The summed E-state index contributed by atoms with van der Waals surface area (Å²) in [5, 5.41) is 0. The fourth-order valence-corrected chi connectivity index (χ4v) is 5.88. The second-order valence-electron chi connectivity index (χ2n) is 9.24. The number of ketones is 1. The molecule has 0 aliphatic carbocycles. The van der Waals surface area contributed by atoms with E-state index in [1.807, 2.05) is 36.4 Å². The van der Waals surface area contributed by atoms with E-state index in [1.165, 1.54) is 15.4 Å². The molecule has 3 aromatic rings. The van der Waals surface area contributed by atoms with E-state index in [1.54, 1.807) is 30.3 Å². The van der Waals surface area contributed by atoms with Gasteiger partial charge in [0.05, 0.1) is 4.90 Å². The molecule has 0 radical (unpaired) electrons. The fraction of sp³-hybridized carbons (Fsp3) is 0.258. The Kier molecular flexibility index (Phi) is 8.34. The van der Waals surface area contributed by atoms with E-state index in [2.05, 4.69) is 38.1 Å². The summed E-state index contributed by atoms with van der Waals surface area (Å²) in [5.41, 5.74) is 5.21. The molecule has 3 aromatic carbocycles. The van der Waals surface area contributed by atoms with Gasteiger partial charge in [0.1, 0.15) is 0 Å². The molecule has 36 heavy (non-hydrogen) atoms. The van der Waals surface area contributed by atoms with Crippen LogP contribution in [-0.2, 0) is 27.7 Å². The van der Waals surface area contributed by atoms with Gasteiger partial charge < -0.3 is 0 Å². The lowest BCUT2D eigenvalue weighted by Crippen LogP contribution is -2.41. The van der Waals surface area contributed by atoms with E-state index >= 15 is 0 Å². The van der Waals surface area contributed by atoms with Crippen molar-refractivity contribution >= 4 is 28.0 Å². The molecule has 0 aromatic heterocycles. The third-order valence-corrected chi connectivity index (χ3v) is 8.18. The Labute approximate surface area is 215 Å². The van der Waals surface area contributed by atoms with Crippen LogP contribution in [-0.4, -0.2) is 31.6 Å². The van der Waals surface area contributed by atoms with Gasteiger partial charge in [-0.2, -0.15) is 4.31 Å². The van der Waals surface area contributed by atoms with Crippen molar-refractivity contribution in [1.82, 2.24) is 4.31 Å². The first-order valence-corrected chi connectivity index (χ1v) is 14.0. The molecule has 186 valence electrons. The Morgan fingerprint density at radius 1 is 0.694 bits per heavy atom. The van der Waals surface area contributed by atoms with Gasteiger partial charge in [-0.15, -0.1) is 0 Å². The maximum absolute atomic E-state index is 13.5. The normalized spacial score (nSPS) is 17.1. The Morgan fingerprint density at radius 3 is 1.56 bits per heavy atom. The number of aryl methyl sites for hydroxylation is 2. The van der Waals surface area contributed by atoms with E-state index in [4.69, 9.17) is 0 Å². The van der Waals surface area contributed by atoms with Crippen LogP contribution < -0.4 is 0 Å².